The highest BCUT2D eigenvalue weighted by Crippen LogP contribution is 2.38. The number of pyridine rings is 2. The molecule has 1 N–H and O–H groups in total. The Labute approximate surface area is 163 Å². The zero-order chi connectivity index (χ0) is 18.8. The van der Waals surface area contributed by atoms with E-state index in [1.54, 1.807) is 29.2 Å². The van der Waals surface area contributed by atoms with Gasteiger partial charge in [0.2, 0.25) is 0 Å². The number of aromatic nitrogens is 3. The summed E-state index contributed by atoms with van der Waals surface area (Å²) in [5.41, 5.74) is 3.40. The summed E-state index contributed by atoms with van der Waals surface area (Å²) in [6.07, 6.45) is 4.94. The smallest absolute Gasteiger partial charge is 0.151 e. The third-order valence-corrected chi connectivity index (χ3v) is 4.70. The topological polar surface area (TPSA) is 89.8 Å². The first-order valence-electron chi connectivity index (χ1n) is 8.00. The predicted octanol–water partition coefficient (Wildman–Crippen LogP) is 4.65. The zero-order valence-corrected chi connectivity index (χ0v) is 15.5. The Balaban J connectivity index is 2.12. The molecular weight excluding hydrogens is 404 g/mol. The molecule has 6 nitrogen and oxygen atoms in total. The number of nitrogens with one attached hydrogen (secondary N) is 1. The maximum absolute atomic E-state index is 9.96. The Morgan fingerprint density at radius 1 is 0.963 bits per heavy atom. The van der Waals surface area contributed by atoms with Crippen LogP contribution in [0, 0.1) is 22.7 Å². The summed E-state index contributed by atoms with van der Waals surface area (Å²) >= 11 is 3.47. The second kappa shape index (κ2) is 6.91. The van der Waals surface area contributed by atoms with Gasteiger partial charge >= 0.3 is 0 Å². The summed E-state index contributed by atoms with van der Waals surface area (Å²) in [7, 11) is 0. The van der Waals surface area contributed by atoms with Crippen molar-refractivity contribution in [2.24, 2.45) is 0 Å². The molecule has 0 aliphatic rings. The van der Waals surface area contributed by atoms with Crippen LogP contribution < -0.4 is 5.32 Å². The standard InChI is InChI=1S/C20H11BrN6/c21-17-12-25-27-19(17)15(9-22)18(13-5-2-1-3-6-13)16(10-23)20(27)26-14-7-4-8-24-11-14/h1-8,11-12,26H. The second-order valence-corrected chi connectivity index (χ2v) is 6.54. The molecule has 128 valence electrons. The minimum absolute atomic E-state index is 0.338. The molecule has 0 bridgehead atoms. The molecule has 3 aromatic heterocycles. The number of fused-ring (bicyclic) bond motifs is 1. The molecule has 0 radical (unpaired) electrons. The van der Waals surface area contributed by atoms with E-state index in [4.69, 9.17) is 0 Å². The highest BCUT2D eigenvalue weighted by molar-refractivity contribution is 9.10. The van der Waals surface area contributed by atoms with Crippen LogP contribution in [0.3, 0.4) is 0 Å². The average Bonchev–Trinajstić information content (AvgIpc) is 3.10. The molecule has 0 fully saturated rings. The summed E-state index contributed by atoms with van der Waals surface area (Å²) < 4.78 is 2.25. The van der Waals surface area contributed by atoms with Gasteiger partial charge in [-0.2, -0.15) is 15.6 Å². The quantitative estimate of drug-likeness (QED) is 0.526. The van der Waals surface area contributed by atoms with E-state index >= 15 is 0 Å². The second-order valence-electron chi connectivity index (χ2n) is 5.68. The summed E-state index contributed by atoms with van der Waals surface area (Å²) in [5, 5.41) is 27.4. The van der Waals surface area contributed by atoms with Gasteiger partial charge in [0.1, 0.15) is 23.2 Å². The van der Waals surface area contributed by atoms with Crippen LogP contribution in [0.1, 0.15) is 11.1 Å². The van der Waals surface area contributed by atoms with E-state index in [1.165, 1.54) is 0 Å². The number of nitriles is 2. The largest absolute Gasteiger partial charge is 0.338 e. The van der Waals surface area contributed by atoms with Crippen molar-refractivity contribution in [3.8, 4) is 23.3 Å². The molecule has 1 aromatic carbocycles. The first kappa shape index (κ1) is 16.8. The van der Waals surface area contributed by atoms with Crippen LogP contribution in [0.5, 0.6) is 0 Å². The molecule has 0 aliphatic heterocycles. The number of halogens is 1. The predicted molar refractivity (Wildman–Crippen MR) is 105 cm³/mol. The average molecular weight is 415 g/mol. The lowest BCUT2D eigenvalue weighted by molar-refractivity contribution is 0.963. The van der Waals surface area contributed by atoms with E-state index in [1.807, 2.05) is 36.4 Å². The molecule has 4 aromatic rings. The maximum atomic E-state index is 9.96. The van der Waals surface area contributed by atoms with Gasteiger partial charge in [0, 0.05) is 11.8 Å². The number of rotatable bonds is 3. The Morgan fingerprint density at radius 3 is 2.41 bits per heavy atom. The fourth-order valence-corrected chi connectivity index (χ4v) is 3.45. The molecule has 0 aliphatic carbocycles. The molecule has 7 heteroatoms. The van der Waals surface area contributed by atoms with Gasteiger partial charge in [-0.3, -0.25) is 4.98 Å². The van der Waals surface area contributed by atoms with Crippen molar-refractivity contribution in [2.45, 2.75) is 0 Å². The van der Waals surface area contributed by atoms with Gasteiger partial charge in [-0.25, -0.2) is 4.52 Å². The highest BCUT2D eigenvalue weighted by Gasteiger charge is 2.23. The van der Waals surface area contributed by atoms with Crippen molar-refractivity contribution < 1.29 is 0 Å². The molecule has 4 rings (SSSR count). The van der Waals surface area contributed by atoms with E-state index in [0.29, 0.717) is 38.2 Å². The van der Waals surface area contributed by atoms with Crippen LogP contribution in [0.2, 0.25) is 0 Å². The summed E-state index contributed by atoms with van der Waals surface area (Å²) in [5.74, 6) is 0.476. The van der Waals surface area contributed by atoms with Gasteiger partial charge in [-0.15, -0.1) is 0 Å². The van der Waals surface area contributed by atoms with Gasteiger partial charge in [0.15, 0.2) is 5.82 Å². The van der Waals surface area contributed by atoms with Crippen LogP contribution in [0.15, 0.2) is 65.5 Å². The third kappa shape index (κ3) is 2.80. The Kier molecular flexibility index (Phi) is 4.29. The SMILES string of the molecule is N#Cc1c(-c2ccccc2)c(C#N)c2c(Br)cnn2c1Nc1cccnc1. The molecule has 3 heterocycles. The van der Waals surface area contributed by atoms with Gasteiger partial charge in [0.05, 0.1) is 28.1 Å². The Bertz CT molecular complexity index is 1220. The molecule has 0 unspecified atom stereocenters. The zero-order valence-electron chi connectivity index (χ0n) is 13.9. The Morgan fingerprint density at radius 2 is 1.74 bits per heavy atom. The molecule has 0 atom stereocenters. The van der Waals surface area contributed by atoms with Crippen LogP contribution in [0.25, 0.3) is 16.6 Å². The normalized spacial score (nSPS) is 10.3. The maximum Gasteiger partial charge on any atom is 0.151 e. The van der Waals surface area contributed by atoms with Gasteiger partial charge in [-0.1, -0.05) is 30.3 Å². The van der Waals surface area contributed by atoms with E-state index in [9.17, 15) is 10.5 Å². The summed E-state index contributed by atoms with van der Waals surface area (Å²) in [6.45, 7) is 0. The monoisotopic (exact) mass is 414 g/mol. The number of hydrogen-bond donors (Lipinski definition) is 1. The van der Waals surface area contributed by atoms with Crippen LogP contribution in [0.4, 0.5) is 11.5 Å². The lowest BCUT2D eigenvalue weighted by Gasteiger charge is -2.16. The first-order chi connectivity index (χ1) is 13.2. The number of benzene rings is 1. The van der Waals surface area contributed by atoms with Gasteiger partial charge in [-0.05, 0) is 33.6 Å². The van der Waals surface area contributed by atoms with Crippen molar-refractivity contribution in [1.82, 2.24) is 14.6 Å². The fraction of sp³-hybridized carbons (Fsp3) is 0. The molecule has 0 amide bonds. The van der Waals surface area contributed by atoms with Crippen LogP contribution in [-0.2, 0) is 0 Å². The third-order valence-electron chi connectivity index (χ3n) is 4.12. The van der Waals surface area contributed by atoms with Gasteiger partial charge in [0.25, 0.3) is 0 Å². The highest BCUT2D eigenvalue weighted by atomic mass is 79.9. The molecule has 27 heavy (non-hydrogen) atoms. The lowest BCUT2D eigenvalue weighted by Crippen LogP contribution is -2.07. The van der Waals surface area contributed by atoms with Crippen molar-refractivity contribution >= 4 is 33.0 Å². The van der Waals surface area contributed by atoms with Crippen molar-refractivity contribution in [1.29, 1.82) is 10.5 Å². The minimum atomic E-state index is 0.338. The minimum Gasteiger partial charge on any atom is -0.338 e. The number of hydrogen-bond acceptors (Lipinski definition) is 5. The molecule has 0 spiro atoms. The van der Waals surface area contributed by atoms with E-state index < -0.39 is 0 Å². The van der Waals surface area contributed by atoms with Crippen molar-refractivity contribution in [3.05, 3.63) is 76.7 Å². The molecular formula is C20H11BrN6. The van der Waals surface area contributed by atoms with Crippen molar-refractivity contribution in [2.75, 3.05) is 5.32 Å². The molecule has 0 saturated carbocycles. The van der Waals surface area contributed by atoms with Crippen LogP contribution in [-0.4, -0.2) is 14.6 Å². The Hall–Kier alpha value is -3.68. The van der Waals surface area contributed by atoms with E-state index in [-0.39, 0.29) is 0 Å². The van der Waals surface area contributed by atoms with Crippen LogP contribution >= 0.6 is 15.9 Å². The fourth-order valence-electron chi connectivity index (χ4n) is 2.99. The van der Waals surface area contributed by atoms with E-state index in [2.05, 4.69) is 43.5 Å². The first-order valence-corrected chi connectivity index (χ1v) is 8.79. The van der Waals surface area contributed by atoms with E-state index in [0.717, 1.165) is 5.56 Å². The lowest BCUT2D eigenvalue weighted by atomic mass is 9.95. The van der Waals surface area contributed by atoms with Gasteiger partial charge < -0.3 is 5.32 Å². The van der Waals surface area contributed by atoms with Crippen molar-refractivity contribution in [3.63, 3.8) is 0 Å². The number of anilines is 2. The summed E-state index contributed by atoms with van der Waals surface area (Å²) in [4.78, 5) is 4.10. The number of nitrogens with zero attached hydrogens (tertiary/aromatic N) is 5. The summed E-state index contributed by atoms with van der Waals surface area (Å²) in [6, 6.07) is 17.5. The molecule has 0 saturated heterocycles.